The molecule has 118 valence electrons. The average molecular weight is 355 g/mol. The lowest BCUT2D eigenvalue weighted by atomic mass is 9.78. The Morgan fingerprint density at radius 1 is 1.29 bits per heavy atom. The maximum Gasteiger partial charge on any atom is 0.0723 e. The fraction of sp³-hybridized carbons (Fsp3) is 0.647. The van der Waals surface area contributed by atoms with Crippen LogP contribution in [0.15, 0.2) is 28.7 Å². The molecule has 1 atom stereocenters. The van der Waals surface area contributed by atoms with Crippen LogP contribution in [0.5, 0.6) is 0 Å². The van der Waals surface area contributed by atoms with E-state index >= 15 is 0 Å². The van der Waals surface area contributed by atoms with Crippen LogP contribution in [-0.4, -0.2) is 48.3 Å². The van der Waals surface area contributed by atoms with Gasteiger partial charge in [0.05, 0.1) is 5.60 Å². The van der Waals surface area contributed by atoms with Crippen LogP contribution in [-0.2, 0) is 0 Å². The molecule has 1 aliphatic rings. The highest BCUT2D eigenvalue weighted by atomic mass is 79.9. The maximum atomic E-state index is 11.1. The topological polar surface area (TPSA) is 35.5 Å². The molecule has 0 saturated carbocycles. The zero-order valence-corrected chi connectivity index (χ0v) is 14.7. The molecule has 1 aliphatic heterocycles. The minimum Gasteiger partial charge on any atom is -0.389 e. The first kappa shape index (κ1) is 16.9. The lowest BCUT2D eigenvalue weighted by Crippen LogP contribution is -2.48. The Morgan fingerprint density at radius 2 is 1.95 bits per heavy atom. The normalized spacial score (nSPS) is 18.7. The second kappa shape index (κ2) is 7.73. The van der Waals surface area contributed by atoms with E-state index in [1.54, 1.807) is 0 Å². The van der Waals surface area contributed by atoms with E-state index in [9.17, 15) is 5.11 Å². The largest absolute Gasteiger partial charge is 0.389 e. The molecular formula is C17H27BrN2O. The molecule has 1 saturated heterocycles. The highest BCUT2D eigenvalue weighted by molar-refractivity contribution is 9.10. The molecular weight excluding hydrogens is 328 g/mol. The van der Waals surface area contributed by atoms with Gasteiger partial charge in [0.1, 0.15) is 0 Å². The quantitative estimate of drug-likeness (QED) is 0.824. The van der Waals surface area contributed by atoms with Gasteiger partial charge in [0, 0.05) is 43.1 Å². The molecule has 0 amide bonds. The number of nitrogens with zero attached hydrogens (tertiary/aromatic N) is 1. The summed E-state index contributed by atoms with van der Waals surface area (Å²) in [5.74, 6) is 0.156. The van der Waals surface area contributed by atoms with E-state index in [0.29, 0.717) is 0 Å². The number of aliphatic hydroxyl groups is 1. The molecule has 4 heteroatoms. The van der Waals surface area contributed by atoms with Gasteiger partial charge in [-0.1, -0.05) is 41.9 Å². The molecule has 3 nitrogen and oxygen atoms in total. The van der Waals surface area contributed by atoms with E-state index in [1.165, 1.54) is 5.56 Å². The van der Waals surface area contributed by atoms with E-state index in [1.807, 2.05) is 6.07 Å². The van der Waals surface area contributed by atoms with Crippen LogP contribution in [0.4, 0.5) is 0 Å². The minimum atomic E-state index is -0.633. The van der Waals surface area contributed by atoms with Crippen molar-refractivity contribution in [2.45, 2.75) is 38.2 Å². The molecule has 21 heavy (non-hydrogen) atoms. The fourth-order valence-electron chi connectivity index (χ4n) is 3.20. The Morgan fingerprint density at radius 3 is 2.52 bits per heavy atom. The van der Waals surface area contributed by atoms with Gasteiger partial charge in [0.2, 0.25) is 0 Å². The molecule has 2 N–H and O–H groups in total. The van der Waals surface area contributed by atoms with Gasteiger partial charge in [-0.25, -0.2) is 0 Å². The Balaban J connectivity index is 2.25. The number of halogens is 1. The van der Waals surface area contributed by atoms with Crippen molar-refractivity contribution in [2.75, 3.05) is 32.7 Å². The van der Waals surface area contributed by atoms with Crippen molar-refractivity contribution in [2.24, 2.45) is 0 Å². The summed E-state index contributed by atoms with van der Waals surface area (Å²) in [5.41, 5.74) is 0.597. The molecule has 0 radical (unpaired) electrons. The Kier molecular flexibility index (Phi) is 6.23. The molecule has 1 aromatic carbocycles. The summed E-state index contributed by atoms with van der Waals surface area (Å²) >= 11 is 3.56. The zero-order valence-electron chi connectivity index (χ0n) is 13.1. The van der Waals surface area contributed by atoms with Gasteiger partial charge < -0.3 is 15.3 Å². The summed E-state index contributed by atoms with van der Waals surface area (Å²) in [6.45, 7) is 9.32. The number of hydrogen-bond acceptors (Lipinski definition) is 3. The van der Waals surface area contributed by atoms with E-state index in [0.717, 1.165) is 50.0 Å². The molecule has 0 spiro atoms. The van der Waals surface area contributed by atoms with Crippen molar-refractivity contribution in [3.63, 3.8) is 0 Å². The predicted octanol–water partition coefficient (Wildman–Crippen LogP) is 2.99. The van der Waals surface area contributed by atoms with Crippen LogP contribution in [0.25, 0.3) is 0 Å². The van der Waals surface area contributed by atoms with Crippen LogP contribution >= 0.6 is 15.9 Å². The first-order valence-corrected chi connectivity index (χ1v) is 8.79. The third-order valence-electron chi connectivity index (χ3n) is 4.77. The van der Waals surface area contributed by atoms with Gasteiger partial charge in [-0.2, -0.15) is 0 Å². The van der Waals surface area contributed by atoms with Crippen molar-refractivity contribution in [3.05, 3.63) is 34.3 Å². The van der Waals surface area contributed by atoms with Gasteiger partial charge in [-0.15, -0.1) is 0 Å². The van der Waals surface area contributed by atoms with Crippen molar-refractivity contribution >= 4 is 15.9 Å². The first-order chi connectivity index (χ1) is 10.1. The summed E-state index contributed by atoms with van der Waals surface area (Å²) in [7, 11) is 0. The van der Waals surface area contributed by atoms with Crippen LogP contribution in [0.1, 0.15) is 38.2 Å². The number of piperazine rings is 1. The summed E-state index contributed by atoms with van der Waals surface area (Å²) in [5, 5.41) is 14.5. The van der Waals surface area contributed by atoms with Crippen LogP contribution in [0, 0.1) is 0 Å². The third-order valence-corrected chi connectivity index (χ3v) is 5.27. The maximum absolute atomic E-state index is 11.1. The molecule has 2 rings (SSSR count). The smallest absolute Gasteiger partial charge is 0.0723 e. The molecule has 0 unspecified atom stereocenters. The Labute approximate surface area is 136 Å². The molecule has 0 aromatic heterocycles. The molecule has 1 aromatic rings. The van der Waals surface area contributed by atoms with E-state index < -0.39 is 5.60 Å². The third kappa shape index (κ3) is 4.28. The van der Waals surface area contributed by atoms with Gasteiger partial charge in [0.15, 0.2) is 0 Å². The van der Waals surface area contributed by atoms with Crippen LogP contribution in [0.3, 0.4) is 0 Å². The van der Waals surface area contributed by atoms with E-state index in [4.69, 9.17) is 0 Å². The summed E-state index contributed by atoms with van der Waals surface area (Å²) < 4.78 is 1.08. The van der Waals surface area contributed by atoms with Gasteiger partial charge >= 0.3 is 0 Å². The first-order valence-electron chi connectivity index (χ1n) is 8.00. The summed E-state index contributed by atoms with van der Waals surface area (Å²) in [4.78, 5) is 2.47. The summed E-state index contributed by atoms with van der Waals surface area (Å²) in [6, 6.07) is 8.41. The van der Waals surface area contributed by atoms with Gasteiger partial charge in [0.25, 0.3) is 0 Å². The molecule has 1 heterocycles. The molecule has 0 bridgehead atoms. The second-order valence-corrected chi connectivity index (χ2v) is 6.88. The second-order valence-electron chi connectivity index (χ2n) is 5.97. The molecule has 0 aliphatic carbocycles. The van der Waals surface area contributed by atoms with Crippen molar-refractivity contribution in [3.8, 4) is 0 Å². The lowest BCUT2D eigenvalue weighted by molar-refractivity contribution is -0.00822. The lowest BCUT2D eigenvalue weighted by Gasteiger charge is -2.39. The SMILES string of the molecule is CCC(O)(CC)[C@H](CN1CCNCC1)c1cccc(Br)c1. The van der Waals surface area contributed by atoms with Gasteiger partial charge in [-0.3, -0.25) is 0 Å². The minimum absolute atomic E-state index is 0.156. The Hall–Kier alpha value is -0.420. The predicted molar refractivity (Wildman–Crippen MR) is 91.7 cm³/mol. The zero-order chi connectivity index (χ0) is 15.3. The van der Waals surface area contributed by atoms with Crippen molar-refractivity contribution < 1.29 is 5.11 Å². The highest BCUT2D eigenvalue weighted by Gasteiger charge is 2.35. The van der Waals surface area contributed by atoms with Gasteiger partial charge in [-0.05, 0) is 30.5 Å². The van der Waals surface area contributed by atoms with Crippen molar-refractivity contribution in [1.29, 1.82) is 0 Å². The van der Waals surface area contributed by atoms with Crippen LogP contribution < -0.4 is 5.32 Å². The standard InChI is InChI=1S/C17H27BrN2O/c1-3-17(21,4-2)16(13-20-10-8-19-9-11-20)14-6-5-7-15(18)12-14/h5-7,12,16,19,21H,3-4,8-11,13H2,1-2H3/t16-/m1/s1. The molecule has 1 fully saturated rings. The summed E-state index contributed by atoms with van der Waals surface area (Å²) in [6.07, 6.45) is 1.57. The number of rotatable bonds is 6. The monoisotopic (exact) mass is 354 g/mol. The fourth-order valence-corrected chi connectivity index (χ4v) is 3.62. The number of hydrogen-bond donors (Lipinski definition) is 2. The van der Waals surface area contributed by atoms with Crippen molar-refractivity contribution in [1.82, 2.24) is 10.2 Å². The average Bonchev–Trinajstić information content (AvgIpc) is 2.53. The Bertz CT molecular complexity index is 442. The van der Waals surface area contributed by atoms with Crippen LogP contribution in [0.2, 0.25) is 0 Å². The number of benzene rings is 1. The van der Waals surface area contributed by atoms with E-state index in [2.05, 4.69) is 58.2 Å². The van der Waals surface area contributed by atoms with E-state index in [-0.39, 0.29) is 5.92 Å². The number of nitrogens with one attached hydrogen (secondary N) is 1. The highest BCUT2D eigenvalue weighted by Crippen LogP contribution is 2.35.